The molecule has 0 aromatic carbocycles. The van der Waals surface area contributed by atoms with E-state index in [4.69, 9.17) is 0 Å². The molecule has 0 unspecified atom stereocenters. The predicted octanol–water partition coefficient (Wildman–Crippen LogP) is 2.01. The zero-order valence-corrected chi connectivity index (χ0v) is 13.4. The standard InChI is InChI=1S/C13H21N5OS/c1-9(2)13(5,7-14)16-11(19)6-20-12-17-15-8-18(12)10(3)4/h8-10H,6H2,1-5H3,(H,16,19)/t13-/m1/s1. The second kappa shape index (κ2) is 6.75. The van der Waals surface area contributed by atoms with Gasteiger partial charge in [0.05, 0.1) is 11.8 Å². The van der Waals surface area contributed by atoms with Crippen molar-refractivity contribution in [2.24, 2.45) is 5.92 Å². The molecule has 20 heavy (non-hydrogen) atoms. The molecular formula is C13H21N5OS. The summed E-state index contributed by atoms with van der Waals surface area (Å²) >= 11 is 1.32. The molecule has 7 heteroatoms. The predicted molar refractivity (Wildman–Crippen MR) is 78.1 cm³/mol. The first-order valence-corrected chi connectivity index (χ1v) is 7.53. The summed E-state index contributed by atoms with van der Waals surface area (Å²) in [6.45, 7) is 9.60. The zero-order valence-electron chi connectivity index (χ0n) is 12.5. The van der Waals surface area contributed by atoms with Crippen LogP contribution in [0.3, 0.4) is 0 Å². The van der Waals surface area contributed by atoms with E-state index in [-0.39, 0.29) is 23.6 Å². The van der Waals surface area contributed by atoms with Gasteiger partial charge in [-0.3, -0.25) is 4.79 Å². The van der Waals surface area contributed by atoms with Crippen LogP contribution in [0.2, 0.25) is 0 Å². The minimum absolute atomic E-state index is 0.0424. The van der Waals surface area contributed by atoms with E-state index in [2.05, 4.69) is 21.6 Å². The Kier molecular flexibility index (Phi) is 5.57. The highest BCUT2D eigenvalue weighted by Gasteiger charge is 2.29. The first-order chi connectivity index (χ1) is 9.30. The lowest BCUT2D eigenvalue weighted by Crippen LogP contribution is -2.49. The molecule has 0 fully saturated rings. The van der Waals surface area contributed by atoms with Crippen molar-refractivity contribution in [3.05, 3.63) is 6.33 Å². The number of nitrogens with one attached hydrogen (secondary N) is 1. The van der Waals surface area contributed by atoms with Crippen LogP contribution in [-0.2, 0) is 4.79 Å². The number of rotatable bonds is 6. The van der Waals surface area contributed by atoms with Gasteiger partial charge in [-0.25, -0.2) is 0 Å². The van der Waals surface area contributed by atoms with Crippen LogP contribution in [-0.4, -0.2) is 32.0 Å². The molecule has 1 amide bonds. The van der Waals surface area contributed by atoms with Gasteiger partial charge in [-0.05, 0) is 26.7 Å². The van der Waals surface area contributed by atoms with Crippen LogP contribution in [0, 0.1) is 17.2 Å². The Balaban J connectivity index is 2.60. The lowest BCUT2D eigenvalue weighted by molar-refractivity contribution is -0.120. The van der Waals surface area contributed by atoms with E-state index < -0.39 is 5.54 Å². The maximum Gasteiger partial charge on any atom is 0.231 e. The van der Waals surface area contributed by atoms with Crippen molar-refractivity contribution in [3.8, 4) is 6.07 Å². The fourth-order valence-corrected chi connectivity index (χ4v) is 2.29. The molecule has 0 radical (unpaired) electrons. The fourth-order valence-electron chi connectivity index (χ4n) is 1.45. The summed E-state index contributed by atoms with van der Waals surface area (Å²) in [6, 6.07) is 2.40. The average molecular weight is 295 g/mol. The largest absolute Gasteiger partial charge is 0.337 e. The highest BCUT2D eigenvalue weighted by molar-refractivity contribution is 7.99. The van der Waals surface area contributed by atoms with Gasteiger partial charge >= 0.3 is 0 Å². The lowest BCUT2D eigenvalue weighted by Gasteiger charge is -2.27. The summed E-state index contributed by atoms with van der Waals surface area (Å²) in [4.78, 5) is 12.0. The molecule has 1 aromatic rings. The number of carbonyl (C=O) groups is 1. The molecular weight excluding hydrogens is 274 g/mol. The van der Waals surface area contributed by atoms with Gasteiger partial charge in [-0.2, -0.15) is 5.26 Å². The number of carbonyl (C=O) groups excluding carboxylic acids is 1. The molecule has 0 saturated carbocycles. The fraction of sp³-hybridized carbons (Fsp3) is 0.692. The Bertz CT molecular complexity index is 505. The summed E-state index contributed by atoms with van der Waals surface area (Å²) < 4.78 is 1.91. The molecule has 1 aromatic heterocycles. The van der Waals surface area contributed by atoms with Crippen LogP contribution < -0.4 is 5.32 Å². The summed E-state index contributed by atoms with van der Waals surface area (Å²) in [7, 11) is 0. The number of nitrogens with zero attached hydrogens (tertiary/aromatic N) is 4. The molecule has 1 N–H and O–H groups in total. The van der Waals surface area contributed by atoms with Gasteiger partial charge < -0.3 is 9.88 Å². The van der Waals surface area contributed by atoms with Crippen molar-refractivity contribution in [2.45, 2.75) is 51.4 Å². The molecule has 0 aliphatic carbocycles. The third-order valence-electron chi connectivity index (χ3n) is 3.21. The van der Waals surface area contributed by atoms with E-state index in [0.717, 1.165) is 0 Å². The molecule has 110 valence electrons. The molecule has 1 rings (SSSR count). The molecule has 1 heterocycles. The second-order valence-corrected chi connectivity index (χ2v) is 6.36. The van der Waals surface area contributed by atoms with Crippen molar-refractivity contribution in [1.82, 2.24) is 20.1 Å². The van der Waals surface area contributed by atoms with Crippen LogP contribution in [0.1, 0.15) is 40.7 Å². The van der Waals surface area contributed by atoms with Gasteiger partial charge in [0.1, 0.15) is 11.9 Å². The molecule has 0 aliphatic heterocycles. The normalized spacial score (nSPS) is 14.1. The Morgan fingerprint density at radius 2 is 2.20 bits per heavy atom. The average Bonchev–Trinajstić information content (AvgIpc) is 2.84. The van der Waals surface area contributed by atoms with Gasteiger partial charge in [0.2, 0.25) is 5.91 Å². The summed E-state index contributed by atoms with van der Waals surface area (Å²) in [6.07, 6.45) is 1.65. The van der Waals surface area contributed by atoms with Crippen molar-refractivity contribution >= 4 is 17.7 Å². The second-order valence-electron chi connectivity index (χ2n) is 5.42. The number of hydrogen-bond acceptors (Lipinski definition) is 5. The van der Waals surface area contributed by atoms with Crippen LogP contribution in [0.5, 0.6) is 0 Å². The van der Waals surface area contributed by atoms with E-state index in [1.165, 1.54) is 11.8 Å². The van der Waals surface area contributed by atoms with Crippen LogP contribution in [0.15, 0.2) is 11.5 Å². The SMILES string of the molecule is CC(C)n1cnnc1SCC(=O)N[C@](C)(C#N)C(C)C. The maximum atomic E-state index is 12.0. The number of amides is 1. The van der Waals surface area contributed by atoms with Crippen molar-refractivity contribution in [2.75, 3.05) is 5.75 Å². The van der Waals surface area contributed by atoms with E-state index in [1.807, 2.05) is 32.3 Å². The molecule has 0 bridgehead atoms. The van der Waals surface area contributed by atoms with Crippen LogP contribution >= 0.6 is 11.8 Å². The lowest BCUT2D eigenvalue weighted by atomic mass is 9.90. The Morgan fingerprint density at radius 3 is 2.70 bits per heavy atom. The molecule has 0 saturated heterocycles. The highest BCUT2D eigenvalue weighted by Crippen LogP contribution is 2.20. The molecule has 0 aliphatic rings. The smallest absolute Gasteiger partial charge is 0.231 e. The van der Waals surface area contributed by atoms with Crippen LogP contribution in [0.25, 0.3) is 0 Å². The van der Waals surface area contributed by atoms with Crippen molar-refractivity contribution in [3.63, 3.8) is 0 Å². The monoisotopic (exact) mass is 295 g/mol. The summed E-state index contributed by atoms with van der Waals surface area (Å²) in [5, 5.41) is 20.5. The van der Waals surface area contributed by atoms with E-state index in [9.17, 15) is 10.1 Å². The number of nitriles is 1. The van der Waals surface area contributed by atoms with Gasteiger partial charge in [0, 0.05) is 6.04 Å². The first kappa shape index (κ1) is 16.5. The zero-order chi connectivity index (χ0) is 15.3. The molecule has 0 spiro atoms. The third-order valence-corrected chi connectivity index (χ3v) is 4.17. The molecule has 6 nitrogen and oxygen atoms in total. The maximum absolute atomic E-state index is 12.0. The highest BCUT2D eigenvalue weighted by atomic mass is 32.2. The number of hydrogen-bond donors (Lipinski definition) is 1. The minimum Gasteiger partial charge on any atom is -0.337 e. The number of aromatic nitrogens is 3. The number of thioether (sulfide) groups is 1. The Hall–Kier alpha value is -1.55. The van der Waals surface area contributed by atoms with Crippen molar-refractivity contribution in [1.29, 1.82) is 5.26 Å². The van der Waals surface area contributed by atoms with Gasteiger partial charge in [0.15, 0.2) is 5.16 Å². The quantitative estimate of drug-likeness (QED) is 0.812. The topological polar surface area (TPSA) is 83.6 Å². The molecule has 1 atom stereocenters. The Labute approximate surface area is 123 Å². The van der Waals surface area contributed by atoms with Gasteiger partial charge in [-0.15, -0.1) is 10.2 Å². The Morgan fingerprint density at radius 1 is 1.55 bits per heavy atom. The minimum atomic E-state index is -0.844. The van der Waals surface area contributed by atoms with E-state index >= 15 is 0 Å². The van der Waals surface area contributed by atoms with Gasteiger partial charge in [-0.1, -0.05) is 25.6 Å². The van der Waals surface area contributed by atoms with Crippen molar-refractivity contribution < 1.29 is 4.79 Å². The van der Waals surface area contributed by atoms with E-state index in [1.54, 1.807) is 13.3 Å². The van der Waals surface area contributed by atoms with Crippen LogP contribution in [0.4, 0.5) is 0 Å². The summed E-state index contributed by atoms with van der Waals surface area (Å²) in [5.41, 5.74) is -0.844. The summed E-state index contributed by atoms with van der Waals surface area (Å²) in [5.74, 6) is 0.0851. The van der Waals surface area contributed by atoms with Gasteiger partial charge in [0.25, 0.3) is 0 Å². The first-order valence-electron chi connectivity index (χ1n) is 6.54. The third kappa shape index (κ3) is 3.97. The van der Waals surface area contributed by atoms with E-state index in [0.29, 0.717) is 5.16 Å².